The van der Waals surface area contributed by atoms with Crippen LogP contribution in [0.15, 0.2) is 28.7 Å². The number of carbonyl (C=O) groups is 1. The zero-order valence-corrected chi connectivity index (χ0v) is 15.4. The summed E-state index contributed by atoms with van der Waals surface area (Å²) in [6.45, 7) is 7.71. The number of likely N-dealkylation sites (tertiary alicyclic amines) is 1. The lowest BCUT2D eigenvalue weighted by Gasteiger charge is -2.38. The maximum atomic E-state index is 12.7. The molecule has 1 aromatic rings. The third-order valence-corrected chi connectivity index (χ3v) is 4.28. The van der Waals surface area contributed by atoms with Crippen LogP contribution in [-0.4, -0.2) is 42.8 Å². The fourth-order valence-corrected chi connectivity index (χ4v) is 2.90. The first-order valence-electron chi connectivity index (χ1n) is 7.72. The van der Waals surface area contributed by atoms with E-state index < -0.39 is 5.60 Å². The van der Waals surface area contributed by atoms with Gasteiger partial charge < -0.3 is 9.64 Å². The van der Waals surface area contributed by atoms with Crippen molar-refractivity contribution in [3.63, 3.8) is 0 Å². The van der Waals surface area contributed by atoms with Crippen LogP contribution in [0.2, 0.25) is 0 Å². The Morgan fingerprint density at radius 3 is 2.27 bits per heavy atom. The summed E-state index contributed by atoms with van der Waals surface area (Å²) in [6.07, 6.45) is 1.67. The number of benzene rings is 1. The first-order chi connectivity index (χ1) is 10.3. The Labute approximate surface area is 141 Å². The lowest BCUT2D eigenvalue weighted by Crippen LogP contribution is -2.48. The number of piperidine rings is 1. The van der Waals surface area contributed by atoms with E-state index in [4.69, 9.17) is 4.74 Å². The van der Waals surface area contributed by atoms with Crippen molar-refractivity contribution in [1.29, 1.82) is 0 Å². The van der Waals surface area contributed by atoms with Gasteiger partial charge in [0.05, 0.1) is 0 Å². The number of hydrogen-bond donors (Lipinski definition) is 0. The molecule has 1 aliphatic rings. The average molecular weight is 369 g/mol. The van der Waals surface area contributed by atoms with Crippen molar-refractivity contribution >= 4 is 27.7 Å². The summed E-state index contributed by atoms with van der Waals surface area (Å²) in [4.78, 5) is 16.8. The highest BCUT2D eigenvalue weighted by Gasteiger charge is 2.31. The van der Waals surface area contributed by atoms with Crippen LogP contribution in [0.4, 0.5) is 10.5 Å². The van der Waals surface area contributed by atoms with Gasteiger partial charge in [-0.1, -0.05) is 15.9 Å². The van der Waals surface area contributed by atoms with Crippen molar-refractivity contribution in [2.24, 2.45) is 0 Å². The molecule has 0 aliphatic carbocycles. The molecule has 1 heterocycles. The van der Waals surface area contributed by atoms with Gasteiger partial charge in [-0.05, 0) is 78.0 Å². The van der Waals surface area contributed by atoms with Crippen molar-refractivity contribution in [1.82, 2.24) is 4.90 Å². The molecular weight excluding hydrogens is 344 g/mol. The van der Waals surface area contributed by atoms with Gasteiger partial charge >= 0.3 is 6.09 Å². The summed E-state index contributed by atoms with van der Waals surface area (Å²) >= 11 is 3.44. The van der Waals surface area contributed by atoms with Crippen molar-refractivity contribution in [3.8, 4) is 0 Å². The molecule has 0 atom stereocenters. The molecule has 5 heteroatoms. The Balaban J connectivity index is 2.24. The second kappa shape index (κ2) is 7.01. The van der Waals surface area contributed by atoms with Crippen LogP contribution in [0.25, 0.3) is 0 Å². The first-order valence-corrected chi connectivity index (χ1v) is 8.52. The van der Waals surface area contributed by atoms with Gasteiger partial charge in [-0.3, -0.25) is 4.90 Å². The summed E-state index contributed by atoms with van der Waals surface area (Å²) in [7, 11) is 2.12. The van der Waals surface area contributed by atoms with Gasteiger partial charge in [0.15, 0.2) is 0 Å². The zero-order valence-electron chi connectivity index (χ0n) is 13.8. The molecule has 1 aromatic carbocycles. The van der Waals surface area contributed by atoms with Gasteiger partial charge in [0.1, 0.15) is 5.60 Å². The molecule has 0 unspecified atom stereocenters. The molecule has 0 spiro atoms. The minimum Gasteiger partial charge on any atom is -0.443 e. The Hall–Kier alpha value is -1.07. The minimum atomic E-state index is -0.490. The second-order valence-corrected chi connectivity index (χ2v) is 7.78. The normalized spacial score (nSPS) is 17.3. The SMILES string of the molecule is CN1CCC(N(C(=O)OC(C)(C)C)c2ccc(Br)cc2)CC1. The van der Waals surface area contributed by atoms with Gasteiger partial charge in [-0.15, -0.1) is 0 Å². The molecule has 4 nitrogen and oxygen atoms in total. The van der Waals surface area contributed by atoms with Crippen LogP contribution in [0.3, 0.4) is 0 Å². The van der Waals surface area contributed by atoms with E-state index in [1.807, 2.05) is 49.9 Å². The summed E-state index contributed by atoms with van der Waals surface area (Å²) in [5.74, 6) is 0. The van der Waals surface area contributed by atoms with Gasteiger partial charge in [-0.2, -0.15) is 0 Å². The fraction of sp³-hybridized carbons (Fsp3) is 0.588. The van der Waals surface area contributed by atoms with Crippen LogP contribution in [0, 0.1) is 0 Å². The predicted molar refractivity (Wildman–Crippen MR) is 93.4 cm³/mol. The Morgan fingerprint density at radius 2 is 1.77 bits per heavy atom. The molecule has 1 fully saturated rings. The number of carbonyl (C=O) groups excluding carboxylic acids is 1. The number of ether oxygens (including phenoxy) is 1. The highest BCUT2D eigenvalue weighted by atomic mass is 79.9. The summed E-state index contributed by atoms with van der Waals surface area (Å²) in [5.41, 5.74) is 0.405. The Bertz CT molecular complexity index is 502. The van der Waals surface area contributed by atoms with Gasteiger partial charge in [0, 0.05) is 16.2 Å². The summed E-state index contributed by atoms with van der Waals surface area (Å²) in [6, 6.07) is 8.04. The van der Waals surface area contributed by atoms with Gasteiger partial charge in [0.25, 0.3) is 0 Å². The van der Waals surface area contributed by atoms with Crippen LogP contribution < -0.4 is 4.90 Å². The predicted octanol–water partition coefficient (Wildman–Crippen LogP) is 4.28. The standard InChI is InChI=1S/C17H25BrN2O2/c1-17(2,3)22-16(21)20(14-7-5-13(18)6-8-14)15-9-11-19(4)12-10-15/h5-8,15H,9-12H2,1-4H3. The second-order valence-electron chi connectivity index (χ2n) is 6.86. The zero-order chi connectivity index (χ0) is 16.3. The Morgan fingerprint density at radius 1 is 1.23 bits per heavy atom. The molecule has 1 amide bonds. The van der Waals surface area contributed by atoms with Gasteiger partial charge in [-0.25, -0.2) is 4.79 Å². The number of nitrogens with zero attached hydrogens (tertiary/aromatic N) is 2. The highest BCUT2D eigenvalue weighted by molar-refractivity contribution is 9.10. The quantitative estimate of drug-likeness (QED) is 0.780. The number of hydrogen-bond acceptors (Lipinski definition) is 3. The molecule has 1 saturated heterocycles. The van der Waals surface area contributed by atoms with E-state index in [2.05, 4.69) is 27.9 Å². The van der Waals surface area contributed by atoms with Crippen LogP contribution in [0.5, 0.6) is 0 Å². The van der Waals surface area contributed by atoms with Crippen LogP contribution >= 0.6 is 15.9 Å². The number of rotatable bonds is 2. The van der Waals surface area contributed by atoms with Gasteiger partial charge in [0.2, 0.25) is 0 Å². The molecule has 0 bridgehead atoms. The maximum absolute atomic E-state index is 12.7. The van der Waals surface area contributed by atoms with Crippen molar-refractivity contribution in [2.45, 2.75) is 45.3 Å². The van der Waals surface area contributed by atoms with E-state index in [9.17, 15) is 4.79 Å². The molecule has 22 heavy (non-hydrogen) atoms. The minimum absolute atomic E-state index is 0.187. The Kier molecular flexibility index (Phi) is 5.50. The number of amides is 1. The fourth-order valence-electron chi connectivity index (χ4n) is 2.63. The number of halogens is 1. The van der Waals surface area contributed by atoms with Crippen molar-refractivity contribution < 1.29 is 9.53 Å². The maximum Gasteiger partial charge on any atom is 0.415 e. The molecule has 1 aliphatic heterocycles. The van der Waals surface area contributed by atoms with E-state index in [0.717, 1.165) is 36.1 Å². The van der Waals surface area contributed by atoms with Crippen molar-refractivity contribution in [2.75, 3.05) is 25.0 Å². The van der Waals surface area contributed by atoms with E-state index in [1.54, 1.807) is 0 Å². The highest BCUT2D eigenvalue weighted by Crippen LogP contribution is 2.27. The van der Waals surface area contributed by atoms with Crippen molar-refractivity contribution in [3.05, 3.63) is 28.7 Å². The molecule has 0 N–H and O–H groups in total. The van der Waals surface area contributed by atoms with Crippen LogP contribution in [0.1, 0.15) is 33.6 Å². The van der Waals surface area contributed by atoms with E-state index in [1.165, 1.54) is 0 Å². The first kappa shape index (κ1) is 17.3. The summed E-state index contributed by atoms with van der Waals surface area (Å²) in [5, 5.41) is 0. The summed E-state index contributed by atoms with van der Waals surface area (Å²) < 4.78 is 6.63. The van der Waals surface area contributed by atoms with E-state index in [-0.39, 0.29) is 12.1 Å². The largest absolute Gasteiger partial charge is 0.443 e. The van der Waals surface area contributed by atoms with Crippen LogP contribution in [-0.2, 0) is 4.74 Å². The lowest BCUT2D eigenvalue weighted by molar-refractivity contribution is 0.0551. The topological polar surface area (TPSA) is 32.8 Å². The van der Waals surface area contributed by atoms with E-state index >= 15 is 0 Å². The lowest BCUT2D eigenvalue weighted by atomic mass is 10.0. The molecule has 0 saturated carbocycles. The smallest absolute Gasteiger partial charge is 0.415 e. The molecule has 0 aromatic heterocycles. The monoisotopic (exact) mass is 368 g/mol. The molecular formula is C17H25BrN2O2. The van der Waals surface area contributed by atoms with E-state index in [0.29, 0.717) is 0 Å². The molecule has 0 radical (unpaired) electrons. The molecule has 122 valence electrons. The number of anilines is 1. The third-order valence-electron chi connectivity index (χ3n) is 3.75. The molecule has 2 rings (SSSR count). The average Bonchev–Trinajstić information content (AvgIpc) is 2.41. The third kappa shape index (κ3) is 4.71.